The average molecular weight is 288 g/mol. The number of nitrogens with zero attached hydrogens (tertiary/aromatic N) is 1. The molecule has 0 spiro atoms. The van der Waals surface area contributed by atoms with E-state index in [4.69, 9.17) is 14.1 Å². The van der Waals surface area contributed by atoms with Crippen molar-refractivity contribution in [3.63, 3.8) is 0 Å². The lowest BCUT2D eigenvalue weighted by Crippen LogP contribution is -2.64. The van der Waals surface area contributed by atoms with Gasteiger partial charge in [-0.1, -0.05) is 0 Å². The largest absolute Gasteiger partial charge is 0.406 e. The van der Waals surface area contributed by atoms with Gasteiger partial charge < -0.3 is 5.73 Å². The highest BCUT2D eigenvalue weighted by Crippen LogP contribution is 2.47. The van der Waals surface area contributed by atoms with E-state index in [1.54, 1.807) is 0 Å². The highest BCUT2D eigenvalue weighted by Gasteiger charge is 2.61. The molecule has 1 aliphatic rings. The minimum Gasteiger partial charge on any atom is -0.321 e. The topological polar surface area (TPSA) is 122 Å². The molecule has 1 aromatic rings. The molecule has 9 heteroatoms. The summed E-state index contributed by atoms with van der Waals surface area (Å²) >= 11 is 0. The molecule has 19 heavy (non-hydrogen) atoms. The molecule has 0 unspecified atom stereocenters. The van der Waals surface area contributed by atoms with Crippen molar-refractivity contribution in [1.82, 2.24) is 0 Å². The minimum atomic E-state index is -4.06. The van der Waals surface area contributed by atoms with Gasteiger partial charge in [-0.25, -0.2) is 8.37 Å². The Morgan fingerprint density at radius 3 is 2.05 bits per heavy atom. The van der Waals surface area contributed by atoms with Gasteiger partial charge in [-0.05, 0) is 26.0 Å². The smallest absolute Gasteiger partial charge is 0.321 e. The number of nitro benzene ring substituents is 1. The van der Waals surface area contributed by atoms with E-state index in [0.29, 0.717) is 5.56 Å². The highest BCUT2D eigenvalue weighted by atomic mass is 32.3. The fraction of sp³-hybridized carbons (Fsp3) is 0.400. The van der Waals surface area contributed by atoms with Crippen LogP contribution in [0.25, 0.3) is 0 Å². The van der Waals surface area contributed by atoms with Gasteiger partial charge >= 0.3 is 10.4 Å². The van der Waals surface area contributed by atoms with Crippen LogP contribution in [0.3, 0.4) is 0 Å². The first-order valence-corrected chi connectivity index (χ1v) is 6.61. The summed E-state index contributed by atoms with van der Waals surface area (Å²) in [6.07, 6.45) is 0. The summed E-state index contributed by atoms with van der Waals surface area (Å²) in [4.78, 5) is 10.0. The lowest BCUT2D eigenvalue weighted by Gasteiger charge is -2.47. The number of benzene rings is 1. The van der Waals surface area contributed by atoms with Crippen LogP contribution in [0.1, 0.15) is 19.4 Å². The third kappa shape index (κ3) is 2.21. The Bertz CT molecular complexity index is 604. The molecule has 0 bridgehead atoms. The number of hydrogen-bond acceptors (Lipinski definition) is 7. The van der Waals surface area contributed by atoms with Crippen molar-refractivity contribution in [3.05, 3.63) is 39.9 Å². The summed E-state index contributed by atoms with van der Waals surface area (Å²) in [5.41, 5.74) is 4.88. The molecule has 1 aliphatic heterocycles. The predicted molar refractivity (Wildman–Crippen MR) is 64.1 cm³/mol. The fourth-order valence-electron chi connectivity index (χ4n) is 1.78. The van der Waals surface area contributed by atoms with E-state index >= 15 is 0 Å². The fourth-order valence-corrected chi connectivity index (χ4v) is 2.99. The van der Waals surface area contributed by atoms with Gasteiger partial charge in [0.15, 0.2) is 0 Å². The number of nitrogens with two attached hydrogens (primary N) is 1. The summed E-state index contributed by atoms with van der Waals surface area (Å²) in [5, 5.41) is 10.6. The lowest BCUT2D eigenvalue weighted by atomic mass is 9.88. The molecule has 8 nitrogen and oxygen atoms in total. The molecule has 1 heterocycles. The Morgan fingerprint density at radius 1 is 1.26 bits per heavy atom. The first-order valence-electron chi connectivity index (χ1n) is 5.27. The molecule has 0 atom stereocenters. The normalized spacial score (nSPS) is 20.6. The van der Waals surface area contributed by atoms with Gasteiger partial charge in [0, 0.05) is 17.7 Å². The standard InChI is InChI=1S/C10H12N2O6S/c1-9(2,11)10(17-19(15,16)18-10)7-3-5-8(6-4-7)12(13)14/h3-6H,11H2,1-2H3. The van der Waals surface area contributed by atoms with Crippen molar-refractivity contribution in [2.75, 3.05) is 0 Å². The molecule has 0 amide bonds. The predicted octanol–water partition coefficient (Wildman–Crippen LogP) is 0.776. The third-order valence-electron chi connectivity index (χ3n) is 2.75. The van der Waals surface area contributed by atoms with Crippen molar-refractivity contribution < 1.29 is 21.7 Å². The van der Waals surface area contributed by atoms with Crippen LogP contribution in [0.2, 0.25) is 0 Å². The Morgan fingerprint density at radius 2 is 1.74 bits per heavy atom. The van der Waals surface area contributed by atoms with Crippen LogP contribution in [0.4, 0.5) is 5.69 Å². The molecule has 2 N–H and O–H groups in total. The van der Waals surface area contributed by atoms with Crippen LogP contribution in [0.15, 0.2) is 24.3 Å². The van der Waals surface area contributed by atoms with Crippen LogP contribution < -0.4 is 5.73 Å². The van der Waals surface area contributed by atoms with Crippen molar-refractivity contribution in [3.8, 4) is 0 Å². The summed E-state index contributed by atoms with van der Waals surface area (Å²) < 4.78 is 31.8. The molecule has 104 valence electrons. The first-order chi connectivity index (χ1) is 8.57. The molecule has 0 saturated carbocycles. The Balaban J connectivity index is 2.44. The van der Waals surface area contributed by atoms with Crippen LogP contribution in [-0.4, -0.2) is 18.9 Å². The van der Waals surface area contributed by atoms with Crippen LogP contribution in [-0.2, 0) is 24.6 Å². The van der Waals surface area contributed by atoms with E-state index < -0.39 is 26.6 Å². The quantitative estimate of drug-likeness (QED) is 0.644. The van der Waals surface area contributed by atoms with Gasteiger partial charge in [0.1, 0.15) is 0 Å². The molecule has 1 saturated heterocycles. The van der Waals surface area contributed by atoms with Crippen molar-refractivity contribution >= 4 is 16.1 Å². The maximum atomic E-state index is 11.1. The molecule has 2 rings (SSSR count). The van der Waals surface area contributed by atoms with Crippen LogP contribution in [0, 0.1) is 10.1 Å². The molecule has 0 aliphatic carbocycles. The van der Waals surface area contributed by atoms with Gasteiger partial charge in [-0.15, -0.1) is 0 Å². The SMILES string of the molecule is CC(C)(N)C1(c2ccc([N+](=O)[O-])cc2)OS(=O)(=O)O1. The number of rotatable bonds is 3. The maximum absolute atomic E-state index is 11.1. The Kier molecular flexibility index (Phi) is 2.90. The van der Waals surface area contributed by atoms with E-state index in [1.165, 1.54) is 38.1 Å². The summed E-state index contributed by atoms with van der Waals surface area (Å²) in [6.45, 7) is 3.06. The minimum absolute atomic E-state index is 0.129. The zero-order valence-electron chi connectivity index (χ0n) is 10.2. The summed E-state index contributed by atoms with van der Waals surface area (Å²) in [7, 11) is -4.06. The van der Waals surface area contributed by atoms with Crippen molar-refractivity contribution in [2.24, 2.45) is 5.73 Å². The van der Waals surface area contributed by atoms with E-state index in [2.05, 4.69) is 0 Å². The summed E-state index contributed by atoms with van der Waals surface area (Å²) in [6, 6.07) is 5.14. The van der Waals surface area contributed by atoms with Gasteiger partial charge in [-0.3, -0.25) is 10.1 Å². The second-order valence-electron chi connectivity index (χ2n) is 4.72. The molecule has 1 aromatic carbocycles. The van der Waals surface area contributed by atoms with Gasteiger partial charge in [0.25, 0.3) is 11.5 Å². The maximum Gasteiger partial charge on any atom is 0.406 e. The molecule has 0 aromatic heterocycles. The average Bonchev–Trinajstić information content (AvgIpc) is 2.24. The van der Waals surface area contributed by atoms with E-state index in [-0.39, 0.29) is 5.69 Å². The third-order valence-corrected chi connectivity index (χ3v) is 3.62. The van der Waals surface area contributed by atoms with Gasteiger partial charge in [0.05, 0.1) is 10.5 Å². The van der Waals surface area contributed by atoms with Gasteiger partial charge in [-0.2, -0.15) is 8.42 Å². The Hall–Kier alpha value is -1.55. The molecule has 1 fully saturated rings. The van der Waals surface area contributed by atoms with E-state index in [1.807, 2.05) is 0 Å². The van der Waals surface area contributed by atoms with E-state index in [9.17, 15) is 18.5 Å². The van der Waals surface area contributed by atoms with Crippen LogP contribution >= 0.6 is 0 Å². The second-order valence-corrected chi connectivity index (χ2v) is 5.87. The summed E-state index contributed by atoms with van der Waals surface area (Å²) in [5.74, 6) is -1.67. The molecular weight excluding hydrogens is 276 g/mol. The molecular formula is C10H12N2O6S. The number of nitro groups is 1. The van der Waals surface area contributed by atoms with E-state index in [0.717, 1.165) is 0 Å². The highest BCUT2D eigenvalue weighted by molar-refractivity contribution is 7.82. The Labute approximate surface area is 109 Å². The first kappa shape index (κ1) is 13.9. The lowest BCUT2D eigenvalue weighted by molar-refractivity contribution is -0.384. The van der Waals surface area contributed by atoms with Crippen LogP contribution in [0.5, 0.6) is 0 Å². The monoisotopic (exact) mass is 288 g/mol. The number of non-ortho nitro benzene ring substituents is 1. The zero-order valence-corrected chi connectivity index (χ0v) is 11.0. The molecule has 0 radical (unpaired) electrons. The zero-order chi connectivity index (χ0) is 14.5. The number of hydrogen-bond donors (Lipinski definition) is 1. The van der Waals surface area contributed by atoms with Gasteiger partial charge in [0.2, 0.25) is 0 Å². The second kappa shape index (κ2) is 3.97. The van der Waals surface area contributed by atoms with Crippen molar-refractivity contribution in [1.29, 1.82) is 0 Å². The van der Waals surface area contributed by atoms with Crippen molar-refractivity contribution in [2.45, 2.75) is 25.2 Å².